The lowest BCUT2D eigenvalue weighted by atomic mass is 10.1. The molecule has 1 aromatic heterocycles. The minimum absolute atomic E-state index is 0.466. The van der Waals surface area contributed by atoms with E-state index in [1.807, 2.05) is 18.2 Å². The number of ether oxygens (including phenoxy) is 2. The van der Waals surface area contributed by atoms with Gasteiger partial charge in [0.05, 0.1) is 31.2 Å². The molecule has 1 N–H and O–H groups in total. The zero-order chi connectivity index (χ0) is 13.8. The number of hydrogen-bond donors (Lipinski definition) is 1. The zero-order valence-corrected chi connectivity index (χ0v) is 11.1. The van der Waals surface area contributed by atoms with Crippen LogP contribution in [0.1, 0.15) is 18.7 Å². The highest BCUT2D eigenvalue weighted by molar-refractivity contribution is 5.63. The van der Waals surface area contributed by atoms with Gasteiger partial charge in [-0.15, -0.1) is 0 Å². The molecule has 0 saturated heterocycles. The SMILES string of the molecule is N#CCCc1ncc(-c2ccc3c(c2)OCCCO3)[nH]1. The Hall–Kier alpha value is -2.48. The van der Waals surface area contributed by atoms with Gasteiger partial charge >= 0.3 is 0 Å². The summed E-state index contributed by atoms with van der Waals surface area (Å²) in [4.78, 5) is 7.51. The molecule has 0 fully saturated rings. The van der Waals surface area contributed by atoms with Crippen LogP contribution in [0.2, 0.25) is 0 Å². The van der Waals surface area contributed by atoms with Crippen molar-refractivity contribution >= 4 is 0 Å². The van der Waals surface area contributed by atoms with E-state index in [1.54, 1.807) is 6.20 Å². The van der Waals surface area contributed by atoms with E-state index in [1.165, 1.54) is 0 Å². The van der Waals surface area contributed by atoms with Crippen molar-refractivity contribution in [3.8, 4) is 28.8 Å². The van der Waals surface area contributed by atoms with Crippen molar-refractivity contribution in [2.75, 3.05) is 13.2 Å². The smallest absolute Gasteiger partial charge is 0.161 e. The summed E-state index contributed by atoms with van der Waals surface area (Å²) in [5, 5.41) is 8.59. The molecule has 0 radical (unpaired) electrons. The maximum Gasteiger partial charge on any atom is 0.161 e. The van der Waals surface area contributed by atoms with Crippen LogP contribution in [0.3, 0.4) is 0 Å². The Labute approximate surface area is 117 Å². The predicted molar refractivity (Wildman–Crippen MR) is 73.6 cm³/mol. The molecule has 102 valence electrons. The molecular weight excluding hydrogens is 254 g/mol. The van der Waals surface area contributed by atoms with Crippen molar-refractivity contribution in [3.63, 3.8) is 0 Å². The first-order valence-corrected chi connectivity index (χ1v) is 6.67. The van der Waals surface area contributed by atoms with Gasteiger partial charge in [0.25, 0.3) is 0 Å². The number of benzene rings is 1. The third-order valence-electron chi connectivity index (χ3n) is 3.16. The normalized spacial score (nSPS) is 13.6. The van der Waals surface area contributed by atoms with Crippen molar-refractivity contribution in [2.24, 2.45) is 0 Å². The van der Waals surface area contributed by atoms with Gasteiger partial charge in [-0.3, -0.25) is 0 Å². The van der Waals surface area contributed by atoms with Gasteiger partial charge < -0.3 is 14.5 Å². The summed E-state index contributed by atoms with van der Waals surface area (Å²) in [6, 6.07) is 7.98. The lowest BCUT2D eigenvalue weighted by Crippen LogP contribution is -1.97. The van der Waals surface area contributed by atoms with E-state index < -0.39 is 0 Å². The Morgan fingerprint density at radius 1 is 1.25 bits per heavy atom. The topological polar surface area (TPSA) is 70.9 Å². The molecule has 0 unspecified atom stereocenters. The number of H-pyrrole nitrogens is 1. The molecule has 20 heavy (non-hydrogen) atoms. The molecule has 2 heterocycles. The minimum atomic E-state index is 0.466. The summed E-state index contributed by atoms with van der Waals surface area (Å²) in [5.41, 5.74) is 1.93. The summed E-state index contributed by atoms with van der Waals surface area (Å²) in [5.74, 6) is 2.39. The third kappa shape index (κ3) is 2.59. The number of nitrogens with zero attached hydrogens (tertiary/aromatic N) is 2. The number of fused-ring (bicyclic) bond motifs is 1. The Balaban J connectivity index is 1.85. The average Bonchev–Trinajstić information content (AvgIpc) is 2.82. The predicted octanol–water partition coefficient (Wildman–Crippen LogP) is 2.69. The summed E-state index contributed by atoms with van der Waals surface area (Å²) < 4.78 is 11.3. The maximum atomic E-state index is 8.59. The van der Waals surface area contributed by atoms with Crippen LogP contribution in [-0.4, -0.2) is 23.2 Å². The van der Waals surface area contributed by atoms with Crippen molar-refractivity contribution in [1.82, 2.24) is 9.97 Å². The highest BCUT2D eigenvalue weighted by Crippen LogP contribution is 2.33. The number of aromatic amines is 1. The number of aromatic nitrogens is 2. The highest BCUT2D eigenvalue weighted by Gasteiger charge is 2.12. The number of nitrogens with one attached hydrogen (secondary N) is 1. The largest absolute Gasteiger partial charge is 0.490 e. The van der Waals surface area contributed by atoms with E-state index in [0.29, 0.717) is 26.1 Å². The fourth-order valence-electron chi connectivity index (χ4n) is 2.14. The van der Waals surface area contributed by atoms with E-state index in [-0.39, 0.29) is 0 Å². The molecule has 0 saturated carbocycles. The fourth-order valence-corrected chi connectivity index (χ4v) is 2.14. The molecule has 0 aliphatic carbocycles. The van der Waals surface area contributed by atoms with E-state index in [9.17, 15) is 0 Å². The van der Waals surface area contributed by atoms with Crippen LogP contribution < -0.4 is 9.47 Å². The van der Waals surface area contributed by atoms with Crippen molar-refractivity contribution in [1.29, 1.82) is 5.26 Å². The van der Waals surface area contributed by atoms with Crippen LogP contribution in [-0.2, 0) is 6.42 Å². The number of rotatable bonds is 3. The monoisotopic (exact) mass is 269 g/mol. The first-order chi connectivity index (χ1) is 9.86. The molecule has 1 aliphatic rings. The quantitative estimate of drug-likeness (QED) is 0.930. The van der Waals surface area contributed by atoms with E-state index in [0.717, 1.165) is 35.0 Å². The molecule has 0 spiro atoms. The second-order valence-corrected chi connectivity index (χ2v) is 4.61. The number of imidazole rings is 1. The van der Waals surface area contributed by atoms with Gasteiger partial charge in [0, 0.05) is 24.8 Å². The molecule has 0 bridgehead atoms. The zero-order valence-electron chi connectivity index (χ0n) is 11.1. The summed E-state index contributed by atoms with van der Waals surface area (Å²) in [6.07, 6.45) is 3.79. The van der Waals surface area contributed by atoms with Gasteiger partial charge in [-0.1, -0.05) is 0 Å². The average molecular weight is 269 g/mol. The summed E-state index contributed by atoms with van der Waals surface area (Å²) in [7, 11) is 0. The van der Waals surface area contributed by atoms with Crippen molar-refractivity contribution < 1.29 is 9.47 Å². The second-order valence-electron chi connectivity index (χ2n) is 4.61. The first-order valence-electron chi connectivity index (χ1n) is 6.67. The maximum absolute atomic E-state index is 8.59. The Kier molecular flexibility index (Phi) is 3.55. The standard InChI is InChI=1S/C15H15N3O2/c16-6-1-3-15-17-10-12(18-15)11-4-5-13-14(9-11)20-8-2-7-19-13/h4-5,9-10H,1-3,7-8H2,(H,17,18). The molecule has 0 amide bonds. The summed E-state index contributed by atoms with van der Waals surface area (Å²) >= 11 is 0. The molecule has 1 aliphatic heterocycles. The Bertz CT molecular complexity index is 643. The molecule has 3 rings (SSSR count). The minimum Gasteiger partial charge on any atom is -0.490 e. The van der Waals surface area contributed by atoms with E-state index >= 15 is 0 Å². The highest BCUT2D eigenvalue weighted by atomic mass is 16.5. The molecule has 5 nitrogen and oxygen atoms in total. The van der Waals surface area contributed by atoms with Gasteiger partial charge in [0.1, 0.15) is 5.82 Å². The van der Waals surface area contributed by atoms with Crippen LogP contribution in [0, 0.1) is 11.3 Å². The van der Waals surface area contributed by atoms with Gasteiger partial charge in [-0.05, 0) is 18.2 Å². The molecule has 5 heteroatoms. The lowest BCUT2D eigenvalue weighted by Gasteiger charge is -2.08. The molecule has 0 atom stereocenters. The summed E-state index contributed by atoms with van der Waals surface area (Å²) in [6.45, 7) is 1.36. The third-order valence-corrected chi connectivity index (χ3v) is 3.16. The van der Waals surface area contributed by atoms with Crippen LogP contribution in [0.4, 0.5) is 0 Å². The van der Waals surface area contributed by atoms with Crippen molar-refractivity contribution in [3.05, 3.63) is 30.2 Å². The number of hydrogen-bond acceptors (Lipinski definition) is 4. The van der Waals surface area contributed by atoms with E-state index in [4.69, 9.17) is 14.7 Å². The fraction of sp³-hybridized carbons (Fsp3) is 0.333. The van der Waals surface area contributed by atoms with Gasteiger partial charge in [0.15, 0.2) is 11.5 Å². The van der Waals surface area contributed by atoms with Crippen LogP contribution in [0.5, 0.6) is 11.5 Å². The number of nitriles is 1. The lowest BCUT2D eigenvalue weighted by molar-refractivity contribution is 0.297. The second kappa shape index (κ2) is 5.66. The Morgan fingerprint density at radius 3 is 2.95 bits per heavy atom. The molecule has 1 aromatic carbocycles. The van der Waals surface area contributed by atoms with Gasteiger partial charge in [-0.2, -0.15) is 5.26 Å². The van der Waals surface area contributed by atoms with Crippen LogP contribution in [0.25, 0.3) is 11.3 Å². The van der Waals surface area contributed by atoms with Crippen LogP contribution >= 0.6 is 0 Å². The van der Waals surface area contributed by atoms with Crippen LogP contribution in [0.15, 0.2) is 24.4 Å². The molecular formula is C15H15N3O2. The number of aryl methyl sites for hydroxylation is 1. The first kappa shape index (κ1) is 12.5. The van der Waals surface area contributed by atoms with Gasteiger partial charge in [0.2, 0.25) is 0 Å². The van der Waals surface area contributed by atoms with Crippen molar-refractivity contribution in [2.45, 2.75) is 19.3 Å². The Morgan fingerprint density at radius 2 is 2.10 bits per heavy atom. The van der Waals surface area contributed by atoms with Gasteiger partial charge in [-0.25, -0.2) is 4.98 Å². The molecule has 2 aromatic rings. The van der Waals surface area contributed by atoms with E-state index in [2.05, 4.69) is 16.0 Å².